The van der Waals surface area contributed by atoms with Gasteiger partial charge in [-0.3, -0.25) is 0 Å². The van der Waals surface area contributed by atoms with Gasteiger partial charge in [0.05, 0.1) is 22.3 Å². The number of cyclic esters (lactones) is 1. The summed E-state index contributed by atoms with van der Waals surface area (Å²) in [5.41, 5.74) is -14.6. The van der Waals surface area contributed by atoms with Crippen LogP contribution in [0.4, 0.5) is 0 Å². The molecule has 26 nitrogen and oxygen atoms in total. The molecule has 0 spiro atoms. The van der Waals surface area contributed by atoms with Crippen LogP contribution in [0, 0.1) is 0 Å². The first kappa shape index (κ1) is 42.7. The van der Waals surface area contributed by atoms with Crippen LogP contribution >= 0.6 is 0 Å². The van der Waals surface area contributed by atoms with Crippen molar-refractivity contribution in [3.8, 4) is 120 Å². The molecule has 0 amide bonds. The molecular weight excluding hydrogens is 908 g/mol. The third-order valence-electron chi connectivity index (χ3n) is 11.5. The normalized spacial score (nSPS) is 20.6. The van der Waals surface area contributed by atoms with Gasteiger partial charge >= 0.3 is 29.8 Å². The number of phenols is 15. The number of carbonyl (C=O) groups is 5. The van der Waals surface area contributed by atoms with E-state index in [2.05, 4.69) is 0 Å². The van der Waals surface area contributed by atoms with E-state index in [9.17, 15) is 106 Å². The molecule has 5 heterocycles. The third-order valence-corrected chi connectivity index (χ3v) is 11.5. The fourth-order valence-electron chi connectivity index (χ4n) is 8.34. The molecule has 5 aliphatic rings. The maximum atomic E-state index is 15.0. The van der Waals surface area contributed by atoms with Crippen molar-refractivity contribution in [2.45, 2.75) is 30.5 Å². The van der Waals surface area contributed by atoms with E-state index in [1.54, 1.807) is 0 Å². The summed E-state index contributed by atoms with van der Waals surface area (Å²) in [6.45, 7) is -1.52. The number of carbonyl (C=O) groups excluding carboxylic acids is 5. The number of aliphatic hydroxyl groups excluding tert-OH is 1. The van der Waals surface area contributed by atoms with Gasteiger partial charge in [0.2, 0.25) is 28.7 Å². The van der Waals surface area contributed by atoms with Gasteiger partial charge in [0.15, 0.2) is 81.9 Å². The van der Waals surface area contributed by atoms with Crippen molar-refractivity contribution in [3.63, 3.8) is 0 Å². The van der Waals surface area contributed by atoms with E-state index < -0.39 is 220 Å². The second-order valence-electron chi connectivity index (χ2n) is 15.0. The lowest BCUT2D eigenvalue weighted by Crippen LogP contribution is -2.56. The largest absolute Gasteiger partial charge is 0.504 e. The molecule has 5 atom stereocenters. The monoisotopic (exact) mass is 934 g/mol. The third kappa shape index (κ3) is 5.68. The van der Waals surface area contributed by atoms with Crippen LogP contribution in [0.5, 0.6) is 86.2 Å². The van der Waals surface area contributed by atoms with Crippen LogP contribution in [-0.2, 0) is 23.7 Å². The zero-order chi connectivity index (χ0) is 48.7. The number of hydrogen-bond acceptors (Lipinski definition) is 26. The van der Waals surface area contributed by atoms with Crippen LogP contribution < -0.4 is 0 Å². The van der Waals surface area contributed by atoms with Crippen molar-refractivity contribution in [1.82, 2.24) is 0 Å². The summed E-state index contributed by atoms with van der Waals surface area (Å²) in [7, 11) is 0. The summed E-state index contributed by atoms with van der Waals surface area (Å²) in [6, 6.07) is 1.18. The average molecular weight is 935 g/mol. The Labute approximate surface area is 367 Å². The fourth-order valence-corrected chi connectivity index (χ4v) is 8.34. The molecule has 5 aliphatic heterocycles. The highest BCUT2D eigenvalue weighted by molar-refractivity contribution is 6.16. The van der Waals surface area contributed by atoms with Gasteiger partial charge in [-0.15, -0.1) is 0 Å². The Hall–Kier alpha value is -9.59. The van der Waals surface area contributed by atoms with Crippen molar-refractivity contribution in [2.24, 2.45) is 0 Å². The second-order valence-corrected chi connectivity index (χ2v) is 15.0. The van der Waals surface area contributed by atoms with Gasteiger partial charge in [-0.2, -0.15) is 0 Å². The van der Waals surface area contributed by atoms with Crippen LogP contribution in [0.2, 0.25) is 0 Å². The van der Waals surface area contributed by atoms with Crippen LogP contribution in [-0.4, -0.2) is 143 Å². The number of fused-ring (bicyclic) bond motifs is 8. The molecule has 3 unspecified atom stereocenters. The Morgan fingerprint density at radius 2 is 0.776 bits per heavy atom. The predicted molar refractivity (Wildman–Crippen MR) is 206 cm³/mol. The highest BCUT2D eigenvalue weighted by atomic mass is 16.6. The van der Waals surface area contributed by atoms with Crippen molar-refractivity contribution >= 4 is 29.8 Å². The molecule has 16 N–H and O–H groups in total. The summed E-state index contributed by atoms with van der Waals surface area (Å²) in [5.74, 6) is -32.2. The Balaban J connectivity index is 1.43. The zero-order valence-electron chi connectivity index (χ0n) is 32.6. The highest BCUT2D eigenvalue weighted by Gasteiger charge is 2.55. The first-order valence-electron chi connectivity index (χ1n) is 18.6. The van der Waals surface area contributed by atoms with Gasteiger partial charge < -0.3 is 105 Å². The van der Waals surface area contributed by atoms with Crippen molar-refractivity contribution in [1.29, 1.82) is 0 Å². The zero-order valence-corrected chi connectivity index (χ0v) is 32.6. The van der Waals surface area contributed by atoms with Gasteiger partial charge in [0.1, 0.15) is 18.3 Å². The fraction of sp³-hybridized carbons (Fsp3) is 0.146. The first-order chi connectivity index (χ1) is 31.5. The lowest BCUT2D eigenvalue weighted by Gasteiger charge is -2.41. The molecule has 0 saturated carbocycles. The number of esters is 5. The SMILES string of the molecule is O=C1OC2C3OC(=O)c4c(c(O)c(O)c(O)c4-c4c(O)c(O)c(O)c5c4C(=O)OC3[C@H]5O)-c3c(cc(O)c(O)c3O)C(=O)O[C@@H]2COC(=O)c2cc(O)c(O)c(O)c2-c2cc1c(O)c(O)c2O. The average Bonchev–Trinajstić information content (AvgIpc) is 3.29. The number of aromatic hydroxyl groups is 15. The number of ether oxygens (including phenoxy) is 5. The Morgan fingerprint density at radius 3 is 1.39 bits per heavy atom. The number of aliphatic hydroxyl groups is 1. The van der Waals surface area contributed by atoms with Gasteiger partial charge in [0.25, 0.3) is 0 Å². The summed E-state index contributed by atoms with van der Waals surface area (Å²) in [4.78, 5) is 72.1. The molecule has 0 fully saturated rings. The van der Waals surface area contributed by atoms with E-state index in [1.165, 1.54) is 0 Å². The predicted octanol–water partition coefficient (Wildman–Crippen LogP) is 1.32. The molecule has 5 aromatic carbocycles. The minimum Gasteiger partial charge on any atom is -0.504 e. The molecule has 10 rings (SSSR count). The molecule has 8 bridgehead atoms. The minimum atomic E-state index is -2.79. The van der Waals surface area contributed by atoms with Crippen LogP contribution in [0.25, 0.3) is 33.4 Å². The smallest absolute Gasteiger partial charge is 0.342 e. The van der Waals surface area contributed by atoms with Gasteiger partial charge in [-0.05, 0) is 18.2 Å². The van der Waals surface area contributed by atoms with Crippen LogP contribution in [0.3, 0.4) is 0 Å². The first-order valence-corrected chi connectivity index (χ1v) is 18.6. The van der Waals surface area contributed by atoms with E-state index in [0.717, 1.165) is 0 Å². The summed E-state index contributed by atoms with van der Waals surface area (Å²) in [5, 5.41) is 177. The van der Waals surface area contributed by atoms with Crippen LogP contribution in [0.15, 0.2) is 18.2 Å². The lowest BCUT2D eigenvalue weighted by molar-refractivity contribution is -0.154. The standard InChI is InChI=1S/C41H26O26/c42-9-2-6-12(24(48)22(9)46)5-1-8(21(45)31(55)20(5)44)39(60)65-34-11(4-63-37(6)58)64-38(59)7-3-10(43)23(47)25(49)13(7)14-17-15(27(51)32(56)26(14)50)16-18-19(29(53)33(57)28(16)52)30(54)35(66-41(18)62)36(34)67-40(17)61/h1-3,11,30,34-36,42-57H,4H2/t11-,30+,34?,35?,36?/m1/s1. The summed E-state index contributed by atoms with van der Waals surface area (Å²) < 4.78 is 27.7. The summed E-state index contributed by atoms with van der Waals surface area (Å²) >= 11 is 0. The molecule has 5 aromatic rings. The topological polar surface area (TPSA) is 455 Å². The molecule has 0 radical (unpaired) electrons. The molecule has 0 saturated heterocycles. The second kappa shape index (κ2) is 14.2. The number of hydrogen-bond donors (Lipinski definition) is 16. The van der Waals surface area contributed by atoms with Gasteiger partial charge in [-0.25, -0.2) is 24.0 Å². The van der Waals surface area contributed by atoms with E-state index in [4.69, 9.17) is 23.7 Å². The number of benzene rings is 5. The number of phenolic OH excluding ortho intramolecular Hbond substituents is 15. The van der Waals surface area contributed by atoms with Crippen molar-refractivity contribution < 1.29 is 129 Å². The summed E-state index contributed by atoms with van der Waals surface area (Å²) in [6.07, 6.45) is -13.5. The highest BCUT2D eigenvalue weighted by Crippen LogP contribution is 2.62. The van der Waals surface area contributed by atoms with Crippen molar-refractivity contribution in [2.75, 3.05) is 6.61 Å². The molecule has 26 heteroatoms. The molecule has 67 heavy (non-hydrogen) atoms. The Bertz CT molecular complexity index is 3190. The Morgan fingerprint density at radius 1 is 0.343 bits per heavy atom. The minimum absolute atomic E-state index is 0.318. The lowest BCUT2D eigenvalue weighted by atomic mass is 9.80. The number of rotatable bonds is 0. The maximum Gasteiger partial charge on any atom is 0.342 e. The van der Waals surface area contributed by atoms with Crippen molar-refractivity contribution in [3.05, 3.63) is 51.6 Å². The molecule has 0 aromatic heterocycles. The van der Waals surface area contributed by atoms with Gasteiger partial charge in [-0.1, -0.05) is 0 Å². The molecule has 0 aliphatic carbocycles. The van der Waals surface area contributed by atoms with E-state index in [0.29, 0.717) is 18.2 Å². The Kier molecular flexibility index (Phi) is 9.05. The van der Waals surface area contributed by atoms with Gasteiger partial charge in [0, 0.05) is 38.9 Å². The molecular formula is C41H26O26. The quantitative estimate of drug-likeness (QED) is 0.0591. The molecule has 346 valence electrons. The van der Waals surface area contributed by atoms with E-state index in [-0.39, 0.29) is 0 Å². The maximum absolute atomic E-state index is 15.0. The van der Waals surface area contributed by atoms with Crippen LogP contribution in [0.1, 0.15) is 63.5 Å². The van der Waals surface area contributed by atoms with E-state index >= 15 is 0 Å². The van der Waals surface area contributed by atoms with E-state index in [1.807, 2.05) is 0 Å².